The van der Waals surface area contributed by atoms with E-state index in [0.717, 1.165) is 10.7 Å². The summed E-state index contributed by atoms with van der Waals surface area (Å²) in [5.41, 5.74) is 7.08. The lowest BCUT2D eigenvalue weighted by Gasteiger charge is -2.09. The first kappa shape index (κ1) is 13.5. The monoisotopic (exact) mass is 276 g/mol. The first-order valence-electron chi connectivity index (χ1n) is 6.03. The predicted octanol–water partition coefficient (Wildman–Crippen LogP) is 2.90. The zero-order chi connectivity index (χ0) is 13.7. The van der Waals surface area contributed by atoms with E-state index < -0.39 is 0 Å². The Balaban J connectivity index is 2.17. The zero-order valence-electron chi connectivity index (χ0n) is 10.7. The second-order valence-corrected chi connectivity index (χ2v) is 5.00. The molecule has 2 rings (SSSR count). The average Bonchev–Trinajstić information content (AvgIpc) is 2.89. The molecule has 4 nitrogen and oxygen atoms in total. The van der Waals surface area contributed by atoms with E-state index in [-0.39, 0.29) is 5.91 Å². The van der Waals surface area contributed by atoms with Crippen LogP contribution in [0.25, 0.3) is 0 Å². The number of carbonyl (C=O) groups excluding carboxylic acids is 1. The number of nitrogen functional groups attached to an aromatic ring is 1. The quantitative estimate of drug-likeness (QED) is 0.651. The van der Waals surface area contributed by atoms with Gasteiger partial charge in [0.05, 0.1) is 17.6 Å². The topological polar surface area (TPSA) is 68.3 Å². The zero-order valence-corrected chi connectivity index (χ0v) is 11.5. The van der Waals surface area contributed by atoms with Crippen molar-refractivity contribution in [3.63, 3.8) is 0 Å². The molecular formula is C14H16N2O2S. The van der Waals surface area contributed by atoms with Gasteiger partial charge in [-0.3, -0.25) is 4.79 Å². The molecule has 1 heterocycles. The molecule has 0 aliphatic rings. The second kappa shape index (κ2) is 6.33. The number of anilines is 1. The summed E-state index contributed by atoms with van der Waals surface area (Å²) in [4.78, 5) is 12.8. The number of hydrogen-bond acceptors (Lipinski definition) is 4. The molecule has 0 aliphatic carbocycles. The van der Waals surface area contributed by atoms with Gasteiger partial charge in [-0.1, -0.05) is 0 Å². The van der Waals surface area contributed by atoms with E-state index >= 15 is 0 Å². The smallest absolute Gasteiger partial charge is 0.252 e. The standard InChI is InChI=1S/C14H16N2O2S/c1-2-16-14(17)12-6-5-10(15)8-13(12)19-9-11-4-3-7-18-11/h3-8H,2,9,15H2,1H3,(H,16,17). The van der Waals surface area contributed by atoms with Crippen LogP contribution >= 0.6 is 11.8 Å². The van der Waals surface area contributed by atoms with Gasteiger partial charge in [-0.05, 0) is 37.3 Å². The molecule has 0 saturated carbocycles. The highest BCUT2D eigenvalue weighted by atomic mass is 32.2. The SMILES string of the molecule is CCNC(=O)c1ccc(N)cc1SCc1ccco1. The summed E-state index contributed by atoms with van der Waals surface area (Å²) >= 11 is 1.54. The second-order valence-electron chi connectivity index (χ2n) is 3.98. The minimum Gasteiger partial charge on any atom is -0.468 e. The van der Waals surface area contributed by atoms with Gasteiger partial charge in [0.25, 0.3) is 5.91 Å². The maximum atomic E-state index is 11.9. The van der Waals surface area contributed by atoms with Gasteiger partial charge in [-0.2, -0.15) is 0 Å². The van der Waals surface area contributed by atoms with Crippen molar-refractivity contribution in [1.29, 1.82) is 0 Å². The molecule has 0 bridgehead atoms. The van der Waals surface area contributed by atoms with E-state index in [1.54, 1.807) is 18.4 Å². The maximum absolute atomic E-state index is 11.9. The molecule has 3 N–H and O–H groups in total. The molecule has 2 aromatic rings. The Hall–Kier alpha value is -1.88. The molecule has 19 heavy (non-hydrogen) atoms. The fourth-order valence-corrected chi connectivity index (χ4v) is 2.64. The van der Waals surface area contributed by atoms with Crippen LogP contribution in [0.3, 0.4) is 0 Å². The van der Waals surface area contributed by atoms with Crippen molar-refractivity contribution in [3.8, 4) is 0 Å². The molecule has 5 heteroatoms. The first-order valence-corrected chi connectivity index (χ1v) is 7.02. The normalized spacial score (nSPS) is 10.4. The molecule has 0 spiro atoms. The molecule has 100 valence electrons. The van der Waals surface area contributed by atoms with Gasteiger partial charge in [0.1, 0.15) is 5.76 Å². The van der Waals surface area contributed by atoms with Crippen molar-refractivity contribution < 1.29 is 9.21 Å². The third kappa shape index (κ3) is 3.54. The summed E-state index contributed by atoms with van der Waals surface area (Å²) in [5.74, 6) is 1.46. The summed E-state index contributed by atoms with van der Waals surface area (Å²) in [6, 6.07) is 9.07. The Labute approximate surface area is 116 Å². The van der Waals surface area contributed by atoms with Crippen molar-refractivity contribution in [2.24, 2.45) is 0 Å². The number of carbonyl (C=O) groups is 1. The van der Waals surface area contributed by atoms with Gasteiger partial charge in [0, 0.05) is 17.1 Å². The lowest BCUT2D eigenvalue weighted by atomic mass is 10.2. The number of rotatable bonds is 5. The maximum Gasteiger partial charge on any atom is 0.252 e. The highest BCUT2D eigenvalue weighted by molar-refractivity contribution is 7.98. The lowest BCUT2D eigenvalue weighted by molar-refractivity contribution is 0.0953. The van der Waals surface area contributed by atoms with Crippen LogP contribution in [0.1, 0.15) is 23.0 Å². The summed E-state index contributed by atoms with van der Waals surface area (Å²) in [6.45, 7) is 2.50. The van der Waals surface area contributed by atoms with E-state index in [0.29, 0.717) is 23.5 Å². The van der Waals surface area contributed by atoms with Crippen LogP contribution in [0.4, 0.5) is 5.69 Å². The fraction of sp³-hybridized carbons (Fsp3) is 0.214. The number of benzene rings is 1. The third-order valence-corrected chi connectivity index (χ3v) is 3.62. The molecule has 0 saturated heterocycles. The van der Waals surface area contributed by atoms with Gasteiger partial charge in [-0.15, -0.1) is 11.8 Å². The Morgan fingerprint density at radius 2 is 2.26 bits per heavy atom. The molecule has 1 amide bonds. The van der Waals surface area contributed by atoms with E-state index in [1.807, 2.05) is 25.1 Å². The van der Waals surface area contributed by atoms with Crippen LogP contribution < -0.4 is 11.1 Å². The Morgan fingerprint density at radius 3 is 2.95 bits per heavy atom. The summed E-state index contributed by atoms with van der Waals surface area (Å²) in [5, 5.41) is 2.80. The van der Waals surface area contributed by atoms with Gasteiger partial charge < -0.3 is 15.5 Å². The van der Waals surface area contributed by atoms with Gasteiger partial charge >= 0.3 is 0 Å². The minimum atomic E-state index is -0.0792. The van der Waals surface area contributed by atoms with Crippen LogP contribution in [-0.4, -0.2) is 12.5 Å². The number of hydrogen-bond donors (Lipinski definition) is 2. The van der Waals surface area contributed by atoms with Crippen LogP contribution in [0, 0.1) is 0 Å². The highest BCUT2D eigenvalue weighted by Gasteiger charge is 2.12. The van der Waals surface area contributed by atoms with E-state index in [4.69, 9.17) is 10.2 Å². The molecule has 1 aromatic carbocycles. The van der Waals surface area contributed by atoms with Gasteiger partial charge in [0.15, 0.2) is 0 Å². The van der Waals surface area contributed by atoms with E-state index in [2.05, 4.69) is 5.32 Å². The number of furan rings is 1. The molecule has 0 atom stereocenters. The Morgan fingerprint density at radius 1 is 1.42 bits per heavy atom. The fourth-order valence-electron chi connectivity index (χ4n) is 1.65. The molecule has 0 unspecified atom stereocenters. The average molecular weight is 276 g/mol. The Kier molecular flexibility index (Phi) is 4.52. The molecular weight excluding hydrogens is 260 g/mol. The predicted molar refractivity (Wildman–Crippen MR) is 77.1 cm³/mol. The first-order chi connectivity index (χ1) is 9.20. The van der Waals surface area contributed by atoms with Crippen molar-refractivity contribution in [1.82, 2.24) is 5.32 Å². The molecule has 0 aliphatic heterocycles. The number of thioether (sulfide) groups is 1. The van der Waals surface area contributed by atoms with Crippen LogP contribution in [0.2, 0.25) is 0 Å². The minimum absolute atomic E-state index is 0.0792. The summed E-state index contributed by atoms with van der Waals surface area (Å²) in [7, 11) is 0. The number of amides is 1. The van der Waals surface area contributed by atoms with Crippen molar-refractivity contribution in [2.45, 2.75) is 17.6 Å². The van der Waals surface area contributed by atoms with Crippen molar-refractivity contribution >= 4 is 23.4 Å². The number of nitrogens with one attached hydrogen (secondary N) is 1. The van der Waals surface area contributed by atoms with Gasteiger partial charge in [-0.25, -0.2) is 0 Å². The molecule has 1 aromatic heterocycles. The van der Waals surface area contributed by atoms with Crippen molar-refractivity contribution in [2.75, 3.05) is 12.3 Å². The largest absolute Gasteiger partial charge is 0.468 e. The van der Waals surface area contributed by atoms with Crippen molar-refractivity contribution in [3.05, 3.63) is 47.9 Å². The lowest BCUT2D eigenvalue weighted by Crippen LogP contribution is -2.23. The van der Waals surface area contributed by atoms with E-state index in [9.17, 15) is 4.79 Å². The van der Waals surface area contributed by atoms with Gasteiger partial charge in [0.2, 0.25) is 0 Å². The van der Waals surface area contributed by atoms with E-state index in [1.165, 1.54) is 11.8 Å². The van der Waals surface area contributed by atoms with Crippen LogP contribution in [-0.2, 0) is 5.75 Å². The summed E-state index contributed by atoms with van der Waals surface area (Å²) in [6.07, 6.45) is 1.64. The summed E-state index contributed by atoms with van der Waals surface area (Å²) < 4.78 is 5.28. The highest BCUT2D eigenvalue weighted by Crippen LogP contribution is 2.28. The molecule has 0 radical (unpaired) electrons. The third-order valence-electron chi connectivity index (χ3n) is 2.54. The van der Waals surface area contributed by atoms with Crippen LogP contribution in [0.15, 0.2) is 45.9 Å². The number of nitrogens with two attached hydrogens (primary N) is 1. The van der Waals surface area contributed by atoms with Crippen LogP contribution in [0.5, 0.6) is 0 Å². The Bertz CT molecular complexity index is 553. The molecule has 0 fully saturated rings.